The molecule has 17 heavy (non-hydrogen) atoms. The Morgan fingerprint density at radius 1 is 1.53 bits per heavy atom. The Balaban J connectivity index is 2.15. The summed E-state index contributed by atoms with van der Waals surface area (Å²) in [5.41, 5.74) is 6.98. The van der Waals surface area contributed by atoms with E-state index in [1.807, 2.05) is 24.0 Å². The molecule has 1 heterocycles. The fourth-order valence-corrected chi connectivity index (χ4v) is 2.10. The van der Waals surface area contributed by atoms with E-state index in [4.69, 9.17) is 5.73 Å². The molecule has 1 aliphatic rings. The normalized spacial score (nSPS) is 15.4. The van der Waals surface area contributed by atoms with Gasteiger partial charge in [0, 0.05) is 24.8 Å². The Hall–Kier alpha value is -1.42. The van der Waals surface area contributed by atoms with Crippen LogP contribution < -0.4 is 5.73 Å². The van der Waals surface area contributed by atoms with Crippen LogP contribution in [0.4, 0.5) is 0 Å². The van der Waals surface area contributed by atoms with Crippen molar-refractivity contribution in [3.63, 3.8) is 0 Å². The molecule has 0 radical (unpaired) electrons. The van der Waals surface area contributed by atoms with Crippen molar-refractivity contribution in [2.24, 2.45) is 5.73 Å². The molecule has 1 aromatic heterocycles. The minimum atomic E-state index is 0.0175. The summed E-state index contributed by atoms with van der Waals surface area (Å²) in [6.45, 7) is 3.03. The number of amides is 1. The molecule has 1 saturated carbocycles. The lowest BCUT2D eigenvalue weighted by Gasteiger charge is -2.37. The van der Waals surface area contributed by atoms with Gasteiger partial charge in [0.25, 0.3) is 5.91 Å². The van der Waals surface area contributed by atoms with Gasteiger partial charge in [-0.05, 0) is 38.3 Å². The van der Waals surface area contributed by atoms with Crippen LogP contribution >= 0.6 is 0 Å². The largest absolute Gasteiger partial charge is 0.333 e. The average molecular weight is 233 g/mol. The highest BCUT2D eigenvalue weighted by molar-refractivity contribution is 5.92. The molecular formula is C13H19N3O. The zero-order valence-corrected chi connectivity index (χ0v) is 10.2. The zero-order chi connectivity index (χ0) is 12.3. The summed E-state index contributed by atoms with van der Waals surface area (Å²) in [5.74, 6) is 0.0175. The van der Waals surface area contributed by atoms with Crippen molar-refractivity contribution in [1.82, 2.24) is 9.88 Å². The molecule has 92 valence electrons. The number of carbonyl (C=O) groups is 1. The standard InChI is InChI=1S/C13H19N3O/c1-10-4-2-7-12(15-10)13(17)16(9-8-14)11-5-3-6-11/h2,4,7,11H,3,5-6,8-9,14H2,1H3. The van der Waals surface area contributed by atoms with E-state index in [0.717, 1.165) is 18.5 Å². The zero-order valence-electron chi connectivity index (χ0n) is 10.2. The van der Waals surface area contributed by atoms with E-state index in [2.05, 4.69) is 4.98 Å². The van der Waals surface area contributed by atoms with Crippen molar-refractivity contribution in [3.8, 4) is 0 Å². The molecule has 2 rings (SSSR count). The molecule has 1 fully saturated rings. The number of rotatable bonds is 4. The second kappa shape index (κ2) is 5.27. The lowest BCUT2D eigenvalue weighted by Crippen LogP contribution is -2.46. The Bertz CT molecular complexity index is 401. The minimum absolute atomic E-state index is 0.0175. The molecule has 4 heteroatoms. The van der Waals surface area contributed by atoms with E-state index in [1.165, 1.54) is 6.42 Å². The van der Waals surface area contributed by atoms with Crippen LogP contribution in [0.2, 0.25) is 0 Å². The van der Waals surface area contributed by atoms with E-state index in [0.29, 0.717) is 24.8 Å². The molecular weight excluding hydrogens is 214 g/mol. The molecule has 1 amide bonds. The third-order valence-corrected chi connectivity index (χ3v) is 3.25. The number of hydrogen-bond donors (Lipinski definition) is 1. The van der Waals surface area contributed by atoms with Gasteiger partial charge in [-0.1, -0.05) is 6.07 Å². The summed E-state index contributed by atoms with van der Waals surface area (Å²) in [4.78, 5) is 18.5. The van der Waals surface area contributed by atoms with Crippen LogP contribution in [0.25, 0.3) is 0 Å². The Labute approximate surface area is 102 Å². The van der Waals surface area contributed by atoms with E-state index in [9.17, 15) is 4.79 Å². The van der Waals surface area contributed by atoms with Gasteiger partial charge < -0.3 is 10.6 Å². The van der Waals surface area contributed by atoms with Crippen LogP contribution in [0.15, 0.2) is 18.2 Å². The number of nitrogens with two attached hydrogens (primary N) is 1. The van der Waals surface area contributed by atoms with Crippen LogP contribution in [0.5, 0.6) is 0 Å². The fourth-order valence-electron chi connectivity index (χ4n) is 2.10. The van der Waals surface area contributed by atoms with Gasteiger partial charge in [-0.3, -0.25) is 4.79 Å². The molecule has 0 bridgehead atoms. The number of pyridine rings is 1. The van der Waals surface area contributed by atoms with Crippen molar-refractivity contribution < 1.29 is 4.79 Å². The third-order valence-electron chi connectivity index (χ3n) is 3.25. The van der Waals surface area contributed by atoms with Gasteiger partial charge >= 0.3 is 0 Å². The number of hydrogen-bond acceptors (Lipinski definition) is 3. The first-order valence-corrected chi connectivity index (χ1v) is 6.17. The topological polar surface area (TPSA) is 59.2 Å². The second-order valence-corrected chi connectivity index (χ2v) is 4.54. The molecule has 0 spiro atoms. The first kappa shape index (κ1) is 12.0. The Morgan fingerprint density at radius 3 is 2.82 bits per heavy atom. The van der Waals surface area contributed by atoms with E-state index in [1.54, 1.807) is 6.07 Å². The van der Waals surface area contributed by atoms with Crippen LogP contribution in [0, 0.1) is 6.92 Å². The molecule has 0 unspecified atom stereocenters. The van der Waals surface area contributed by atoms with Crippen LogP contribution in [0.1, 0.15) is 35.4 Å². The van der Waals surface area contributed by atoms with Gasteiger partial charge in [-0.2, -0.15) is 0 Å². The van der Waals surface area contributed by atoms with Gasteiger partial charge in [0.1, 0.15) is 5.69 Å². The quantitative estimate of drug-likeness (QED) is 0.853. The highest BCUT2D eigenvalue weighted by Crippen LogP contribution is 2.25. The lowest BCUT2D eigenvalue weighted by atomic mass is 9.91. The van der Waals surface area contributed by atoms with Gasteiger partial charge in [-0.25, -0.2) is 4.98 Å². The molecule has 0 atom stereocenters. The predicted octanol–water partition coefficient (Wildman–Crippen LogP) is 1.34. The monoisotopic (exact) mass is 233 g/mol. The van der Waals surface area contributed by atoms with Crippen molar-refractivity contribution in [2.45, 2.75) is 32.2 Å². The summed E-state index contributed by atoms with van der Waals surface area (Å²) < 4.78 is 0. The summed E-state index contributed by atoms with van der Waals surface area (Å²) in [6, 6.07) is 5.91. The molecule has 0 saturated heterocycles. The highest BCUT2D eigenvalue weighted by atomic mass is 16.2. The Kier molecular flexibility index (Phi) is 3.74. The summed E-state index contributed by atoms with van der Waals surface area (Å²) >= 11 is 0. The highest BCUT2D eigenvalue weighted by Gasteiger charge is 2.29. The average Bonchev–Trinajstić information content (AvgIpc) is 2.25. The molecule has 2 N–H and O–H groups in total. The van der Waals surface area contributed by atoms with Gasteiger partial charge in [0.2, 0.25) is 0 Å². The summed E-state index contributed by atoms with van der Waals surface area (Å²) in [5, 5.41) is 0. The SMILES string of the molecule is Cc1cccc(C(=O)N(CCN)C2CCC2)n1. The van der Waals surface area contributed by atoms with Gasteiger partial charge in [0.15, 0.2) is 0 Å². The maximum atomic E-state index is 12.3. The third kappa shape index (κ3) is 2.64. The van der Waals surface area contributed by atoms with Crippen molar-refractivity contribution in [2.75, 3.05) is 13.1 Å². The second-order valence-electron chi connectivity index (χ2n) is 4.54. The van der Waals surface area contributed by atoms with Crippen molar-refractivity contribution in [1.29, 1.82) is 0 Å². The fraction of sp³-hybridized carbons (Fsp3) is 0.538. The first-order chi connectivity index (χ1) is 8.22. The van der Waals surface area contributed by atoms with Crippen LogP contribution in [0.3, 0.4) is 0 Å². The predicted molar refractivity (Wildman–Crippen MR) is 66.7 cm³/mol. The van der Waals surface area contributed by atoms with Crippen molar-refractivity contribution in [3.05, 3.63) is 29.6 Å². The lowest BCUT2D eigenvalue weighted by molar-refractivity contribution is 0.0582. The minimum Gasteiger partial charge on any atom is -0.333 e. The maximum absolute atomic E-state index is 12.3. The molecule has 1 aliphatic carbocycles. The summed E-state index contributed by atoms with van der Waals surface area (Å²) in [7, 11) is 0. The summed E-state index contributed by atoms with van der Waals surface area (Å²) in [6.07, 6.45) is 3.40. The van der Waals surface area contributed by atoms with Gasteiger partial charge in [0.05, 0.1) is 0 Å². The molecule has 0 aliphatic heterocycles. The van der Waals surface area contributed by atoms with Crippen LogP contribution in [-0.2, 0) is 0 Å². The van der Waals surface area contributed by atoms with Crippen LogP contribution in [-0.4, -0.2) is 34.9 Å². The maximum Gasteiger partial charge on any atom is 0.272 e. The molecule has 1 aromatic rings. The number of nitrogens with zero attached hydrogens (tertiary/aromatic N) is 2. The molecule has 0 aromatic carbocycles. The number of aryl methyl sites for hydroxylation is 1. The number of aromatic nitrogens is 1. The first-order valence-electron chi connectivity index (χ1n) is 6.17. The van der Waals surface area contributed by atoms with E-state index < -0.39 is 0 Å². The van der Waals surface area contributed by atoms with E-state index >= 15 is 0 Å². The molecule has 4 nitrogen and oxygen atoms in total. The number of carbonyl (C=O) groups excluding carboxylic acids is 1. The van der Waals surface area contributed by atoms with E-state index in [-0.39, 0.29) is 5.91 Å². The Morgan fingerprint density at radius 2 is 2.29 bits per heavy atom. The smallest absolute Gasteiger partial charge is 0.272 e. The van der Waals surface area contributed by atoms with Crippen molar-refractivity contribution >= 4 is 5.91 Å². The van der Waals surface area contributed by atoms with Gasteiger partial charge in [-0.15, -0.1) is 0 Å².